The number of hydrogen-bond donors (Lipinski definition) is 3. The third-order valence-corrected chi connectivity index (χ3v) is 12.9. The number of aryl methyl sites for hydroxylation is 1. The number of carbonyl (C=O) groups is 4. The van der Waals surface area contributed by atoms with Crippen LogP contribution in [0.15, 0.2) is 77.6 Å². The fraction of sp³-hybridized carbons (Fsp3) is 0.325. The number of rotatable bonds is 9. The second-order valence-corrected chi connectivity index (χ2v) is 16.7. The van der Waals surface area contributed by atoms with Crippen molar-refractivity contribution in [2.75, 3.05) is 40.7 Å². The number of carbonyl (C=O) groups excluding carboxylic acids is 4. The van der Waals surface area contributed by atoms with Gasteiger partial charge in [0.2, 0.25) is 17.7 Å². The number of amides is 4. The SMILES string of the molecule is Cn1c(=O)n(C2CCC(=O)NC2=O)c2ccc(N3CC4CCC3CN4CC(=O)Nc3ccc4c(F)c(N5CC(=O)NS5(=O)=O)c(OCc5ccccc5)cc4c3)cc21. The summed E-state index contributed by atoms with van der Waals surface area (Å²) in [5.41, 5.74) is 2.69. The molecule has 3 unspecified atom stereocenters. The molecule has 0 radical (unpaired) electrons. The maximum absolute atomic E-state index is 16.3. The Labute approximate surface area is 331 Å². The molecule has 0 saturated carbocycles. The highest BCUT2D eigenvalue weighted by Crippen LogP contribution is 2.41. The number of imide groups is 1. The van der Waals surface area contributed by atoms with Gasteiger partial charge in [-0.3, -0.25) is 38.5 Å². The predicted octanol–water partition coefficient (Wildman–Crippen LogP) is 2.66. The zero-order valence-corrected chi connectivity index (χ0v) is 32.1. The second kappa shape index (κ2) is 14.3. The Hall–Kier alpha value is -6.27. The highest BCUT2D eigenvalue weighted by Gasteiger charge is 2.41. The third kappa shape index (κ3) is 6.60. The molecule has 16 nitrogen and oxygen atoms in total. The van der Waals surface area contributed by atoms with E-state index >= 15 is 4.39 Å². The number of benzene rings is 4. The number of aromatic nitrogens is 2. The summed E-state index contributed by atoms with van der Waals surface area (Å²) >= 11 is 0. The van der Waals surface area contributed by atoms with Gasteiger partial charge in [0, 0.05) is 55.4 Å². The molecular formula is C40H39FN8O8S. The van der Waals surface area contributed by atoms with Crippen molar-refractivity contribution < 1.29 is 36.7 Å². The molecule has 5 aliphatic heterocycles. The maximum Gasteiger partial charge on any atom is 0.329 e. The van der Waals surface area contributed by atoms with Crippen LogP contribution in [0, 0.1) is 5.82 Å². The van der Waals surface area contributed by atoms with Crippen molar-refractivity contribution in [2.45, 2.75) is 50.4 Å². The first kappa shape index (κ1) is 37.3. The van der Waals surface area contributed by atoms with E-state index < -0.39 is 40.4 Å². The van der Waals surface area contributed by atoms with Gasteiger partial charge in [0.05, 0.1) is 17.6 Å². The van der Waals surface area contributed by atoms with E-state index in [4.69, 9.17) is 4.74 Å². The van der Waals surface area contributed by atoms with Gasteiger partial charge in [0.15, 0.2) is 5.82 Å². The van der Waals surface area contributed by atoms with Crippen LogP contribution in [0.3, 0.4) is 0 Å². The Bertz CT molecular complexity index is 2720. The van der Waals surface area contributed by atoms with Crippen LogP contribution < -0.4 is 35.0 Å². The van der Waals surface area contributed by atoms with Crippen molar-refractivity contribution in [3.8, 4) is 5.75 Å². The number of anilines is 3. The van der Waals surface area contributed by atoms with Gasteiger partial charge in [-0.2, -0.15) is 8.42 Å². The van der Waals surface area contributed by atoms with Crippen LogP contribution >= 0.6 is 0 Å². The second-order valence-electron chi connectivity index (χ2n) is 15.2. The van der Waals surface area contributed by atoms with E-state index in [1.165, 1.54) is 21.3 Å². The minimum Gasteiger partial charge on any atom is -0.487 e. The number of nitrogens with zero attached hydrogens (tertiary/aromatic N) is 5. The minimum absolute atomic E-state index is 0.00621. The molecule has 3 atom stereocenters. The summed E-state index contributed by atoms with van der Waals surface area (Å²) in [7, 11) is -2.68. The zero-order valence-electron chi connectivity index (χ0n) is 31.3. The maximum atomic E-state index is 16.3. The molecule has 5 aliphatic rings. The molecule has 6 heterocycles. The summed E-state index contributed by atoms with van der Waals surface area (Å²) in [5.74, 6) is -2.85. The number of fused-ring (bicyclic) bond motifs is 5. The molecule has 5 saturated heterocycles. The zero-order chi connectivity index (χ0) is 40.5. The van der Waals surface area contributed by atoms with E-state index in [2.05, 4.69) is 20.4 Å². The molecule has 4 amide bonds. The first-order valence-corrected chi connectivity index (χ1v) is 20.4. The third-order valence-electron chi connectivity index (χ3n) is 11.5. The Balaban J connectivity index is 0.910. The van der Waals surface area contributed by atoms with Crippen LogP contribution in [0.4, 0.5) is 21.5 Å². The molecule has 300 valence electrons. The average molecular weight is 811 g/mol. The Kier molecular flexibility index (Phi) is 9.19. The van der Waals surface area contributed by atoms with Crippen molar-refractivity contribution >= 4 is 72.7 Å². The number of ether oxygens (including phenoxy) is 1. The quantitative estimate of drug-likeness (QED) is 0.187. The molecule has 2 bridgehead atoms. The van der Waals surface area contributed by atoms with E-state index in [0.717, 1.165) is 24.1 Å². The molecule has 3 N–H and O–H groups in total. The number of piperazine rings is 1. The van der Waals surface area contributed by atoms with E-state index in [1.54, 1.807) is 19.2 Å². The van der Waals surface area contributed by atoms with Crippen LogP contribution in [-0.4, -0.2) is 84.3 Å². The average Bonchev–Trinajstić information content (AvgIpc) is 3.62. The van der Waals surface area contributed by atoms with E-state index in [-0.39, 0.29) is 72.4 Å². The molecule has 4 aromatic carbocycles. The molecule has 5 fully saturated rings. The lowest BCUT2D eigenvalue weighted by Crippen LogP contribution is -2.63. The summed E-state index contributed by atoms with van der Waals surface area (Å²) in [5, 5.41) is 5.71. The van der Waals surface area contributed by atoms with Crippen molar-refractivity contribution in [3.05, 3.63) is 94.7 Å². The topological polar surface area (TPSA) is 184 Å². The number of halogens is 1. The smallest absolute Gasteiger partial charge is 0.329 e. The van der Waals surface area contributed by atoms with Crippen LogP contribution in [0.5, 0.6) is 5.75 Å². The standard InChI is InChI=1S/C40H39FN8O8S/c1-45-32-17-26(10-12-30(32)49(40(45)54)31-13-14-34(50)43-39(31)53)47-19-27-8-9-28(47)18-46(27)20-35(51)42-25-7-11-29-24(15-25)16-33(57-22-23-5-3-2-4-6-23)38(37(29)41)48-21-36(52)44-58(48,55)56/h2-7,10-12,15-17,27-28,31H,8-9,13-14,18-22H2,1H3,(H,42,51)(H,44,52)(H,43,50,53). The van der Waals surface area contributed by atoms with Gasteiger partial charge < -0.3 is 15.0 Å². The van der Waals surface area contributed by atoms with Crippen molar-refractivity contribution in [1.82, 2.24) is 24.1 Å². The molecule has 0 aliphatic carbocycles. The fourth-order valence-electron chi connectivity index (χ4n) is 8.70. The van der Waals surface area contributed by atoms with E-state index in [1.807, 2.05) is 53.3 Å². The minimum atomic E-state index is -4.35. The first-order valence-electron chi connectivity index (χ1n) is 19.0. The molecule has 10 rings (SSSR count). The van der Waals surface area contributed by atoms with Gasteiger partial charge in [-0.1, -0.05) is 30.3 Å². The molecule has 0 spiro atoms. The molecular weight excluding hydrogens is 772 g/mol. The fourth-order valence-corrected chi connectivity index (χ4v) is 9.86. The van der Waals surface area contributed by atoms with Crippen LogP contribution in [0.2, 0.25) is 0 Å². The predicted molar refractivity (Wildman–Crippen MR) is 212 cm³/mol. The molecule has 1 aromatic heterocycles. The van der Waals surface area contributed by atoms with Crippen LogP contribution in [0.1, 0.15) is 37.3 Å². The van der Waals surface area contributed by atoms with E-state index in [9.17, 15) is 32.4 Å². The highest BCUT2D eigenvalue weighted by molar-refractivity contribution is 7.92. The normalized spacial score (nSPS) is 21.8. The van der Waals surface area contributed by atoms with Crippen LogP contribution in [0.25, 0.3) is 21.8 Å². The number of nitrogens with one attached hydrogen (secondary N) is 3. The largest absolute Gasteiger partial charge is 0.487 e. The van der Waals surface area contributed by atoms with Gasteiger partial charge in [-0.15, -0.1) is 0 Å². The van der Waals surface area contributed by atoms with Crippen molar-refractivity contribution in [3.63, 3.8) is 0 Å². The molecule has 18 heteroatoms. The van der Waals surface area contributed by atoms with Gasteiger partial charge >= 0.3 is 15.9 Å². The lowest BCUT2D eigenvalue weighted by Gasteiger charge is -2.52. The molecule has 5 aromatic rings. The van der Waals surface area contributed by atoms with Crippen molar-refractivity contribution in [2.24, 2.45) is 7.05 Å². The summed E-state index contributed by atoms with van der Waals surface area (Å²) in [6, 6.07) is 20.4. The number of piperidine rings is 3. The van der Waals surface area contributed by atoms with Gasteiger partial charge in [0.1, 0.15) is 30.6 Å². The Morgan fingerprint density at radius 3 is 2.43 bits per heavy atom. The Morgan fingerprint density at radius 1 is 0.914 bits per heavy atom. The summed E-state index contributed by atoms with van der Waals surface area (Å²) in [6.45, 7) is 0.835. The highest BCUT2D eigenvalue weighted by atomic mass is 32.2. The monoisotopic (exact) mass is 810 g/mol. The first-order chi connectivity index (χ1) is 27.8. The Morgan fingerprint density at radius 2 is 1.71 bits per heavy atom. The van der Waals surface area contributed by atoms with Gasteiger partial charge in [-0.25, -0.2) is 18.2 Å². The lowest BCUT2D eigenvalue weighted by molar-refractivity contribution is -0.135. The summed E-state index contributed by atoms with van der Waals surface area (Å²) in [4.78, 5) is 67.7. The van der Waals surface area contributed by atoms with Gasteiger partial charge in [-0.05, 0) is 72.7 Å². The van der Waals surface area contributed by atoms with Gasteiger partial charge in [0.25, 0.3) is 5.91 Å². The summed E-state index contributed by atoms with van der Waals surface area (Å²) in [6.07, 6.45) is 2.24. The number of imidazole rings is 1. The van der Waals surface area contributed by atoms with E-state index in [0.29, 0.717) is 39.5 Å². The number of hydrogen-bond acceptors (Lipinski definition) is 10. The molecule has 58 heavy (non-hydrogen) atoms. The van der Waals surface area contributed by atoms with Crippen molar-refractivity contribution in [1.29, 1.82) is 0 Å². The van der Waals surface area contributed by atoms with Crippen LogP contribution in [-0.2, 0) is 43.0 Å². The lowest BCUT2D eigenvalue weighted by atomic mass is 9.90. The summed E-state index contributed by atoms with van der Waals surface area (Å²) < 4.78 is 53.4.